The number of thioether (sulfide) groups is 1. The first kappa shape index (κ1) is 16.7. The van der Waals surface area contributed by atoms with Gasteiger partial charge in [0.15, 0.2) is 0 Å². The average molecular weight is 341 g/mol. The summed E-state index contributed by atoms with van der Waals surface area (Å²) >= 11 is 1.59. The highest BCUT2D eigenvalue weighted by molar-refractivity contribution is 7.98. The first-order valence-corrected chi connectivity index (χ1v) is 8.72. The first-order valence-electron chi connectivity index (χ1n) is 7.50. The maximum absolute atomic E-state index is 13.4. The Hall–Kier alpha value is -2.17. The predicted molar refractivity (Wildman–Crippen MR) is 95.1 cm³/mol. The minimum Gasteiger partial charge on any atom is -0.314 e. The molecule has 122 valence electrons. The summed E-state index contributed by atoms with van der Waals surface area (Å²) in [6.07, 6.45) is 1.98. The molecule has 1 nitrogen and oxygen atoms in total. The molecule has 2 N–H and O–H groups in total. The van der Waals surface area contributed by atoms with Crippen LogP contribution in [0.25, 0.3) is 0 Å². The van der Waals surface area contributed by atoms with Crippen molar-refractivity contribution in [3.8, 4) is 0 Å². The second-order valence-electron chi connectivity index (χ2n) is 5.52. The van der Waals surface area contributed by atoms with Crippen molar-refractivity contribution < 1.29 is 8.78 Å². The van der Waals surface area contributed by atoms with Crippen LogP contribution in [0, 0.1) is 11.6 Å². The third-order valence-corrected chi connectivity index (χ3v) is 4.93. The predicted octanol–water partition coefficient (Wildman–Crippen LogP) is 4.94. The molecule has 24 heavy (non-hydrogen) atoms. The summed E-state index contributed by atoms with van der Waals surface area (Å²) < 4.78 is 26.8. The molecule has 3 aromatic carbocycles. The van der Waals surface area contributed by atoms with Gasteiger partial charge in [-0.2, -0.15) is 0 Å². The monoisotopic (exact) mass is 341 g/mol. The lowest BCUT2D eigenvalue weighted by atomic mass is 9.78. The van der Waals surface area contributed by atoms with Crippen LogP contribution in [-0.2, 0) is 5.54 Å². The Labute approximate surface area is 144 Å². The molecule has 3 aromatic rings. The van der Waals surface area contributed by atoms with Gasteiger partial charge in [0, 0.05) is 4.90 Å². The van der Waals surface area contributed by atoms with Crippen LogP contribution in [0.5, 0.6) is 0 Å². The van der Waals surface area contributed by atoms with E-state index in [9.17, 15) is 8.78 Å². The fraction of sp³-hybridized carbons (Fsp3) is 0.100. The van der Waals surface area contributed by atoms with Gasteiger partial charge in [-0.05, 0) is 53.3 Å². The van der Waals surface area contributed by atoms with Gasteiger partial charge in [0.05, 0.1) is 5.54 Å². The van der Waals surface area contributed by atoms with E-state index in [4.69, 9.17) is 5.73 Å². The summed E-state index contributed by atoms with van der Waals surface area (Å²) in [5.74, 6) is -0.642. The van der Waals surface area contributed by atoms with Crippen LogP contribution in [0.2, 0.25) is 0 Å². The van der Waals surface area contributed by atoms with Crippen LogP contribution in [-0.4, -0.2) is 6.26 Å². The molecule has 0 unspecified atom stereocenters. The van der Waals surface area contributed by atoms with E-state index in [0.717, 1.165) is 21.6 Å². The molecule has 0 bridgehead atoms. The zero-order valence-corrected chi connectivity index (χ0v) is 14.0. The Morgan fingerprint density at radius 1 is 0.750 bits per heavy atom. The van der Waals surface area contributed by atoms with E-state index in [2.05, 4.69) is 0 Å². The summed E-state index contributed by atoms with van der Waals surface area (Å²) in [7, 11) is 0. The van der Waals surface area contributed by atoms with Crippen molar-refractivity contribution in [2.24, 2.45) is 5.73 Å². The molecule has 0 amide bonds. The molecule has 0 spiro atoms. The van der Waals surface area contributed by atoms with Crippen molar-refractivity contribution in [3.63, 3.8) is 0 Å². The fourth-order valence-corrected chi connectivity index (χ4v) is 3.54. The smallest absolute Gasteiger partial charge is 0.123 e. The number of rotatable bonds is 4. The van der Waals surface area contributed by atoms with Gasteiger partial charge in [0.2, 0.25) is 0 Å². The van der Waals surface area contributed by atoms with Crippen molar-refractivity contribution in [1.29, 1.82) is 0 Å². The summed E-state index contributed by atoms with van der Waals surface area (Å²) in [5.41, 5.74) is 8.27. The van der Waals surface area contributed by atoms with Gasteiger partial charge >= 0.3 is 0 Å². The highest BCUT2D eigenvalue weighted by Crippen LogP contribution is 2.38. The summed E-state index contributed by atoms with van der Waals surface area (Å²) in [5, 5.41) is 0. The topological polar surface area (TPSA) is 26.0 Å². The molecule has 0 fully saturated rings. The second-order valence-corrected chi connectivity index (χ2v) is 6.37. The number of nitrogens with two attached hydrogens (primary N) is 1. The molecular weight excluding hydrogens is 324 g/mol. The third kappa shape index (κ3) is 2.95. The molecule has 0 radical (unpaired) electrons. The minimum absolute atomic E-state index is 0.321. The van der Waals surface area contributed by atoms with E-state index in [1.165, 1.54) is 24.3 Å². The average Bonchev–Trinajstić information content (AvgIpc) is 2.62. The van der Waals surface area contributed by atoms with Crippen LogP contribution in [0.4, 0.5) is 8.78 Å². The molecule has 0 aliphatic heterocycles. The number of halogens is 2. The number of hydrogen-bond acceptors (Lipinski definition) is 2. The third-order valence-electron chi connectivity index (χ3n) is 4.13. The molecule has 0 saturated carbocycles. The maximum Gasteiger partial charge on any atom is 0.123 e. The molecular formula is C20H17F2NS. The van der Waals surface area contributed by atoms with E-state index < -0.39 is 5.54 Å². The minimum atomic E-state index is -0.999. The van der Waals surface area contributed by atoms with Crippen molar-refractivity contribution >= 4 is 11.8 Å². The van der Waals surface area contributed by atoms with Crippen molar-refractivity contribution in [2.45, 2.75) is 10.4 Å². The molecule has 0 saturated heterocycles. The standard InChI is InChI=1S/C20H17F2NS/c1-24-19-5-3-2-4-18(19)20(23,14-6-10-16(21)11-7-14)15-8-12-17(22)13-9-15/h2-13H,23H2,1H3. The highest BCUT2D eigenvalue weighted by Gasteiger charge is 2.33. The molecule has 0 aliphatic rings. The molecule has 0 atom stereocenters. The first-order chi connectivity index (χ1) is 11.6. The molecule has 0 aromatic heterocycles. The van der Waals surface area contributed by atoms with Gasteiger partial charge in [-0.15, -0.1) is 11.8 Å². The SMILES string of the molecule is CSc1ccccc1C(N)(c1ccc(F)cc1)c1ccc(F)cc1. The molecule has 4 heteroatoms. The van der Waals surface area contributed by atoms with Crippen LogP contribution in [0.3, 0.4) is 0 Å². The summed E-state index contributed by atoms with van der Waals surface area (Å²) in [6, 6.07) is 20.1. The van der Waals surface area contributed by atoms with Crippen LogP contribution >= 0.6 is 11.8 Å². The van der Waals surface area contributed by atoms with E-state index in [1.807, 2.05) is 30.5 Å². The Kier molecular flexibility index (Phi) is 4.69. The van der Waals surface area contributed by atoms with Crippen molar-refractivity contribution in [1.82, 2.24) is 0 Å². The Balaban J connectivity index is 2.28. The Morgan fingerprint density at radius 2 is 1.21 bits per heavy atom. The number of benzene rings is 3. The van der Waals surface area contributed by atoms with Gasteiger partial charge in [0.25, 0.3) is 0 Å². The van der Waals surface area contributed by atoms with Gasteiger partial charge in [-0.25, -0.2) is 8.78 Å². The van der Waals surface area contributed by atoms with E-state index in [0.29, 0.717) is 0 Å². The lowest BCUT2D eigenvalue weighted by Gasteiger charge is -2.33. The van der Waals surface area contributed by atoms with E-state index in [1.54, 1.807) is 36.0 Å². The van der Waals surface area contributed by atoms with Gasteiger partial charge in [-0.3, -0.25) is 0 Å². The van der Waals surface area contributed by atoms with Crippen LogP contribution < -0.4 is 5.73 Å². The van der Waals surface area contributed by atoms with Crippen molar-refractivity contribution in [3.05, 3.63) is 101 Å². The largest absolute Gasteiger partial charge is 0.314 e. The lowest BCUT2D eigenvalue weighted by Crippen LogP contribution is -2.39. The van der Waals surface area contributed by atoms with Gasteiger partial charge < -0.3 is 5.73 Å². The lowest BCUT2D eigenvalue weighted by molar-refractivity contribution is 0.606. The zero-order chi connectivity index (χ0) is 17.2. The zero-order valence-electron chi connectivity index (χ0n) is 13.2. The molecule has 3 rings (SSSR count). The molecule has 0 aliphatic carbocycles. The Morgan fingerprint density at radius 3 is 1.67 bits per heavy atom. The second kappa shape index (κ2) is 6.75. The van der Waals surface area contributed by atoms with Crippen LogP contribution in [0.15, 0.2) is 77.7 Å². The summed E-state index contributed by atoms with van der Waals surface area (Å²) in [6.45, 7) is 0. The van der Waals surface area contributed by atoms with Gasteiger partial charge in [0.1, 0.15) is 11.6 Å². The van der Waals surface area contributed by atoms with E-state index >= 15 is 0 Å². The Bertz CT molecular complexity index is 784. The maximum atomic E-state index is 13.4. The van der Waals surface area contributed by atoms with E-state index in [-0.39, 0.29) is 11.6 Å². The van der Waals surface area contributed by atoms with Gasteiger partial charge in [-0.1, -0.05) is 42.5 Å². The summed E-state index contributed by atoms with van der Waals surface area (Å²) in [4.78, 5) is 1.02. The van der Waals surface area contributed by atoms with Crippen molar-refractivity contribution in [2.75, 3.05) is 6.26 Å². The number of hydrogen-bond donors (Lipinski definition) is 1. The highest BCUT2D eigenvalue weighted by atomic mass is 32.2. The fourth-order valence-electron chi connectivity index (χ4n) is 2.87. The quantitative estimate of drug-likeness (QED) is 0.537. The molecule has 0 heterocycles. The van der Waals surface area contributed by atoms with Crippen LogP contribution in [0.1, 0.15) is 16.7 Å². The normalized spacial score (nSPS) is 11.5.